The van der Waals surface area contributed by atoms with Crippen LogP contribution in [-0.4, -0.2) is 0 Å². The molecular weight excluding hydrogens is 326 g/mol. The minimum absolute atomic E-state index is 0.0174. The van der Waals surface area contributed by atoms with E-state index in [1.165, 1.54) is 16.7 Å². The van der Waals surface area contributed by atoms with Crippen LogP contribution in [0.1, 0.15) is 66.5 Å². The van der Waals surface area contributed by atoms with E-state index < -0.39 is 0 Å². The quantitative estimate of drug-likeness (QED) is 0.433. The fraction of sp³-hybridized carbons (Fsp3) is 0.423. The number of hydrogen-bond donors (Lipinski definition) is 0. The summed E-state index contributed by atoms with van der Waals surface area (Å²) in [5, 5.41) is 1.88. The zero-order valence-electron chi connectivity index (χ0n) is 20.3. The Morgan fingerprint density at radius 2 is 1.56 bits per heavy atom. The Hall–Kier alpha value is -2.15. The van der Waals surface area contributed by atoms with E-state index in [2.05, 4.69) is 73.6 Å². The van der Waals surface area contributed by atoms with Crippen LogP contribution in [0.3, 0.4) is 0 Å². The molecule has 2 aromatic carbocycles. The first-order chi connectivity index (χ1) is 13.2. The molecule has 0 radical (unpaired) electrons. The van der Waals surface area contributed by atoms with Crippen LogP contribution in [0.2, 0.25) is 0 Å². The molecule has 1 heteroatoms. The topological polar surface area (TPSA) is 3.88 Å². The van der Waals surface area contributed by atoms with Crippen molar-refractivity contribution in [2.45, 2.75) is 66.2 Å². The van der Waals surface area contributed by atoms with Gasteiger partial charge in [0, 0.05) is 6.04 Å². The summed E-state index contributed by atoms with van der Waals surface area (Å²) in [6.45, 7) is 17.8. The van der Waals surface area contributed by atoms with Gasteiger partial charge >= 0.3 is 0 Å². The molecule has 0 fully saturated rings. The molecule has 0 unspecified atom stereocenters. The Morgan fingerprint density at radius 3 is 2.15 bits per heavy atom. The van der Waals surface area contributed by atoms with Crippen molar-refractivity contribution in [3.05, 3.63) is 64.8 Å². The van der Waals surface area contributed by atoms with Gasteiger partial charge in [-0.3, -0.25) is 0 Å². The maximum atomic E-state index is 8.57. The van der Waals surface area contributed by atoms with Gasteiger partial charge in [-0.15, -0.1) is 0 Å². The Balaban J connectivity index is 2.55. The highest BCUT2D eigenvalue weighted by atomic mass is 14.9. The molecule has 3 aromatic rings. The van der Waals surface area contributed by atoms with Gasteiger partial charge in [0.05, 0.1) is 12.3 Å². The normalized spacial score (nSPS) is 13.7. The van der Waals surface area contributed by atoms with Crippen molar-refractivity contribution >= 4 is 10.8 Å². The standard InChI is InChI=1S/C26H34N/c1-17-10-11-19-12-13-27(9)24(22(19)14-17)21-15-20(25(3,4)5)16-23(18(21)2)26(6,7)8/h10-16H,1-9H3/q+1/i12D,13D. The molecule has 0 bridgehead atoms. The maximum absolute atomic E-state index is 8.57. The zero-order valence-corrected chi connectivity index (χ0v) is 18.3. The van der Waals surface area contributed by atoms with Crippen molar-refractivity contribution in [2.75, 3.05) is 0 Å². The highest BCUT2D eigenvalue weighted by Gasteiger charge is 2.27. The number of aromatic nitrogens is 1. The summed E-state index contributed by atoms with van der Waals surface area (Å²) in [4.78, 5) is 0. The fourth-order valence-electron chi connectivity index (χ4n) is 3.84. The Bertz CT molecular complexity index is 1110. The van der Waals surface area contributed by atoms with Crippen molar-refractivity contribution in [3.8, 4) is 11.3 Å². The van der Waals surface area contributed by atoms with E-state index in [1.807, 2.05) is 23.7 Å². The monoisotopic (exact) mass is 362 g/mol. The minimum atomic E-state index is 0.0174. The summed E-state index contributed by atoms with van der Waals surface area (Å²) >= 11 is 0. The van der Waals surface area contributed by atoms with E-state index in [-0.39, 0.29) is 23.0 Å². The molecule has 27 heavy (non-hydrogen) atoms. The minimum Gasteiger partial charge on any atom is -0.200 e. The SMILES string of the molecule is [2H]c1c([2H])[n+](C)c(-c2cc(C(C)(C)C)cc(C(C)(C)C)c2C)c2cc(C)ccc12. The molecule has 0 aliphatic rings. The van der Waals surface area contributed by atoms with Crippen molar-refractivity contribution in [1.82, 2.24) is 0 Å². The fourth-order valence-corrected chi connectivity index (χ4v) is 3.84. The zero-order chi connectivity index (χ0) is 21.9. The van der Waals surface area contributed by atoms with Crippen LogP contribution in [-0.2, 0) is 17.9 Å². The van der Waals surface area contributed by atoms with Crippen LogP contribution in [0.15, 0.2) is 42.5 Å². The highest BCUT2D eigenvalue weighted by molar-refractivity contribution is 5.94. The molecule has 0 aliphatic heterocycles. The first kappa shape index (κ1) is 17.0. The molecule has 0 spiro atoms. The van der Waals surface area contributed by atoms with Crippen LogP contribution in [0.4, 0.5) is 0 Å². The molecule has 0 saturated carbocycles. The second-order valence-corrected chi connectivity index (χ2v) is 9.89. The smallest absolute Gasteiger partial charge is 0.200 e. The van der Waals surface area contributed by atoms with E-state index in [4.69, 9.17) is 2.74 Å². The van der Waals surface area contributed by atoms with Crippen LogP contribution < -0.4 is 4.57 Å². The first-order valence-electron chi connectivity index (χ1n) is 10.8. The lowest BCUT2D eigenvalue weighted by Gasteiger charge is -2.28. The van der Waals surface area contributed by atoms with Crippen LogP contribution in [0.25, 0.3) is 22.0 Å². The number of benzene rings is 2. The molecule has 0 atom stereocenters. The molecule has 1 heterocycles. The first-order valence-corrected chi connectivity index (χ1v) is 9.79. The third-order valence-electron chi connectivity index (χ3n) is 5.46. The van der Waals surface area contributed by atoms with E-state index in [1.54, 1.807) is 0 Å². The van der Waals surface area contributed by atoms with Gasteiger partial charge in [-0.25, -0.2) is 4.57 Å². The second kappa shape index (κ2) is 6.48. The predicted octanol–water partition coefficient (Wildman–Crippen LogP) is 6.54. The molecule has 142 valence electrons. The van der Waals surface area contributed by atoms with Gasteiger partial charge < -0.3 is 0 Å². The van der Waals surface area contributed by atoms with Crippen molar-refractivity contribution in [1.29, 1.82) is 0 Å². The highest BCUT2D eigenvalue weighted by Crippen LogP contribution is 2.38. The van der Waals surface area contributed by atoms with E-state index in [9.17, 15) is 0 Å². The van der Waals surface area contributed by atoms with E-state index >= 15 is 0 Å². The molecule has 0 N–H and O–H groups in total. The predicted molar refractivity (Wildman–Crippen MR) is 117 cm³/mol. The van der Waals surface area contributed by atoms with Gasteiger partial charge in [-0.2, -0.15) is 0 Å². The largest absolute Gasteiger partial charge is 0.220 e. The number of rotatable bonds is 1. The Labute approximate surface area is 167 Å². The van der Waals surface area contributed by atoms with Gasteiger partial charge in [-0.05, 0) is 58.9 Å². The van der Waals surface area contributed by atoms with Gasteiger partial charge in [0.1, 0.15) is 8.42 Å². The lowest BCUT2D eigenvalue weighted by atomic mass is 9.76. The summed E-state index contributed by atoms with van der Waals surface area (Å²) in [6, 6.07) is 11.1. The van der Waals surface area contributed by atoms with Crippen molar-refractivity contribution < 1.29 is 7.31 Å². The number of hydrogen-bond acceptors (Lipinski definition) is 0. The summed E-state index contributed by atoms with van der Waals surface area (Å²) in [5.74, 6) is 0. The molecule has 1 nitrogen and oxygen atoms in total. The lowest BCUT2D eigenvalue weighted by Crippen LogP contribution is -2.31. The van der Waals surface area contributed by atoms with E-state index in [0.29, 0.717) is 0 Å². The average Bonchev–Trinajstić information content (AvgIpc) is 2.59. The molecule has 0 amide bonds. The van der Waals surface area contributed by atoms with Crippen LogP contribution in [0, 0.1) is 13.8 Å². The summed E-state index contributed by atoms with van der Waals surface area (Å²) in [6.07, 6.45) is 0.245. The molecule has 3 rings (SSSR count). The average molecular weight is 363 g/mol. The van der Waals surface area contributed by atoms with Crippen LogP contribution >= 0.6 is 0 Å². The summed E-state index contributed by atoms with van der Waals surface area (Å²) in [5.41, 5.74) is 7.27. The summed E-state index contributed by atoms with van der Waals surface area (Å²) < 4.78 is 18.9. The Kier molecular flexibility index (Phi) is 4.07. The van der Waals surface area contributed by atoms with Gasteiger partial charge in [-0.1, -0.05) is 65.3 Å². The maximum Gasteiger partial charge on any atom is 0.220 e. The third-order valence-corrected chi connectivity index (χ3v) is 5.46. The van der Waals surface area contributed by atoms with Crippen molar-refractivity contribution in [3.63, 3.8) is 0 Å². The number of pyridine rings is 1. The third kappa shape index (κ3) is 3.65. The number of fused-ring (bicyclic) bond motifs is 1. The molecule has 0 aliphatic carbocycles. The molecule has 1 aromatic heterocycles. The van der Waals surface area contributed by atoms with Crippen molar-refractivity contribution in [2.24, 2.45) is 7.05 Å². The number of aryl methyl sites for hydroxylation is 1. The molecule has 0 saturated heterocycles. The summed E-state index contributed by atoms with van der Waals surface area (Å²) in [7, 11) is 1.91. The van der Waals surface area contributed by atoms with Gasteiger partial charge in [0.25, 0.3) is 0 Å². The van der Waals surface area contributed by atoms with E-state index in [0.717, 1.165) is 27.6 Å². The van der Waals surface area contributed by atoms with Gasteiger partial charge in [0.2, 0.25) is 5.69 Å². The number of nitrogens with zero attached hydrogens (tertiary/aromatic N) is 1. The van der Waals surface area contributed by atoms with Crippen LogP contribution in [0.5, 0.6) is 0 Å². The van der Waals surface area contributed by atoms with Gasteiger partial charge in [0.15, 0.2) is 6.17 Å². The second-order valence-electron chi connectivity index (χ2n) is 9.89. The lowest BCUT2D eigenvalue weighted by molar-refractivity contribution is -0.659. The molecular formula is C26H34N+. The Morgan fingerprint density at radius 1 is 0.889 bits per heavy atom.